The van der Waals surface area contributed by atoms with Gasteiger partial charge in [0, 0.05) is 24.6 Å². The van der Waals surface area contributed by atoms with E-state index < -0.39 is 0 Å². The van der Waals surface area contributed by atoms with Crippen LogP contribution >= 0.6 is 0 Å². The second-order valence-corrected chi connectivity index (χ2v) is 4.67. The number of hydrogen-bond acceptors (Lipinski definition) is 3. The van der Waals surface area contributed by atoms with Crippen molar-refractivity contribution in [1.82, 2.24) is 5.32 Å². The number of nitrogens with one attached hydrogen (secondary N) is 1. The Morgan fingerprint density at radius 1 is 1.53 bits per heavy atom. The molecule has 1 unspecified atom stereocenters. The van der Waals surface area contributed by atoms with Crippen molar-refractivity contribution < 1.29 is 9.90 Å². The molecule has 1 amide bonds. The van der Waals surface area contributed by atoms with Crippen molar-refractivity contribution in [2.24, 2.45) is 5.73 Å². The van der Waals surface area contributed by atoms with Gasteiger partial charge in [-0.15, -0.1) is 0 Å². The first-order valence-electron chi connectivity index (χ1n) is 5.58. The van der Waals surface area contributed by atoms with Gasteiger partial charge in [-0.2, -0.15) is 0 Å². The Kier molecular flexibility index (Phi) is 6.52. The summed E-state index contributed by atoms with van der Waals surface area (Å²) in [7, 11) is 0. The van der Waals surface area contributed by atoms with Crippen molar-refractivity contribution in [1.29, 1.82) is 0 Å². The lowest BCUT2D eigenvalue weighted by molar-refractivity contribution is -0.122. The molecule has 0 saturated heterocycles. The van der Waals surface area contributed by atoms with Crippen molar-refractivity contribution in [2.75, 3.05) is 6.61 Å². The van der Waals surface area contributed by atoms with Crippen LogP contribution < -0.4 is 11.1 Å². The van der Waals surface area contributed by atoms with Crippen molar-refractivity contribution in [3.05, 3.63) is 0 Å². The number of carbonyl (C=O) groups is 1. The predicted molar refractivity (Wildman–Crippen MR) is 61.4 cm³/mol. The fourth-order valence-electron chi connectivity index (χ4n) is 1.27. The summed E-state index contributed by atoms with van der Waals surface area (Å²) >= 11 is 0. The lowest BCUT2D eigenvalue weighted by Gasteiger charge is -2.20. The maximum atomic E-state index is 11.5. The van der Waals surface area contributed by atoms with Gasteiger partial charge >= 0.3 is 0 Å². The average molecular weight is 216 g/mol. The molecule has 0 aliphatic carbocycles. The molecule has 0 fully saturated rings. The summed E-state index contributed by atoms with van der Waals surface area (Å²) in [5.41, 5.74) is 5.49. The lowest BCUT2D eigenvalue weighted by Crippen LogP contribution is -2.38. The standard InChI is InChI=1S/C11H24N2O2/c1-4-9(6-8-14)13-10(15)5-7-11(2,3)12/h9,14H,4-8,12H2,1-3H3,(H,13,15). The number of amides is 1. The molecule has 0 rings (SSSR count). The summed E-state index contributed by atoms with van der Waals surface area (Å²) in [5.74, 6) is 0.0221. The molecular formula is C11H24N2O2. The average Bonchev–Trinajstić information content (AvgIpc) is 2.13. The molecular weight excluding hydrogens is 192 g/mol. The van der Waals surface area contributed by atoms with Crippen LogP contribution in [0.4, 0.5) is 0 Å². The Hall–Kier alpha value is -0.610. The van der Waals surface area contributed by atoms with Gasteiger partial charge in [0.1, 0.15) is 0 Å². The molecule has 90 valence electrons. The van der Waals surface area contributed by atoms with E-state index in [-0.39, 0.29) is 24.1 Å². The van der Waals surface area contributed by atoms with Gasteiger partial charge < -0.3 is 16.2 Å². The van der Waals surface area contributed by atoms with Gasteiger partial charge in [-0.05, 0) is 33.1 Å². The molecule has 0 aromatic carbocycles. The summed E-state index contributed by atoms with van der Waals surface area (Å²) in [4.78, 5) is 11.5. The van der Waals surface area contributed by atoms with Crippen LogP contribution in [0.15, 0.2) is 0 Å². The molecule has 0 radical (unpaired) electrons. The van der Waals surface area contributed by atoms with Gasteiger partial charge in [-0.1, -0.05) is 6.92 Å². The second kappa shape index (κ2) is 6.80. The summed E-state index contributed by atoms with van der Waals surface area (Å²) in [6.07, 6.45) is 2.59. The molecule has 4 heteroatoms. The molecule has 0 heterocycles. The Labute approximate surface area is 92.2 Å². The molecule has 0 aromatic rings. The quantitative estimate of drug-likeness (QED) is 0.588. The number of aliphatic hydroxyl groups excluding tert-OH is 1. The Morgan fingerprint density at radius 2 is 2.13 bits per heavy atom. The third kappa shape index (κ3) is 8.39. The van der Waals surface area contributed by atoms with Gasteiger partial charge in [0.15, 0.2) is 0 Å². The molecule has 0 bridgehead atoms. The Bertz CT molecular complexity index is 188. The number of hydrogen-bond donors (Lipinski definition) is 3. The van der Waals surface area contributed by atoms with E-state index in [2.05, 4.69) is 5.32 Å². The zero-order chi connectivity index (χ0) is 11.9. The Balaban J connectivity index is 3.81. The smallest absolute Gasteiger partial charge is 0.220 e. The fourth-order valence-corrected chi connectivity index (χ4v) is 1.27. The highest BCUT2D eigenvalue weighted by atomic mass is 16.3. The topological polar surface area (TPSA) is 75.3 Å². The highest BCUT2D eigenvalue weighted by Crippen LogP contribution is 2.07. The number of aliphatic hydroxyl groups is 1. The minimum absolute atomic E-state index is 0.0221. The normalized spacial score (nSPS) is 13.7. The second-order valence-electron chi connectivity index (χ2n) is 4.67. The minimum Gasteiger partial charge on any atom is -0.396 e. The van der Waals surface area contributed by atoms with Gasteiger partial charge in [-0.3, -0.25) is 4.79 Å². The Morgan fingerprint density at radius 3 is 2.53 bits per heavy atom. The van der Waals surface area contributed by atoms with Crippen LogP contribution in [0.5, 0.6) is 0 Å². The fraction of sp³-hybridized carbons (Fsp3) is 0.909. The third-order valence-electron chi connectivity index (χ3n) is 2.33. The molecule has 0 aliphatic heterocycles. The van der Waals surface area contributed by atoms with E-state index in [0.717, 1.165) is 6.42 Å². The van der Waals surface area contributed by atoms with Gasteiger partial charge in [0.2, 0.25) is 5.91 Å². The largest absolute Gasteiger partial charge is 0.396 e. The molecule has 1 atom stereocenters. The lowest BCUT2D eigenvalue weighted by atomic mass is 9.99. The summed E-state index contributed by atoms with van der Waals surface area (Å²) in [6, 6.07) is 0.0865. The van der Waals surface area contributed by atoms with Crippen LogP contribution in [-0.2, 0) is 4.79 Å². The summed E-state index contributed by atoms with van der Waals surface area (Å²) < 4.78 is 0. The van der Waals surface area contributed by atoms with E-state index in [4.69, 9.17) is 10.8 Å². The van der Waals surface area contributed by atoms with E-state index in [1.165, 1.54) is 0 Å². The minimum atomic E-state index is -0.296. The van der Waals surface area contributed by atoms with Crippen LogP contribution in [0, 0.1) is 0 Å². The first kappa shape index (κ1) is 14.4. The van der Waals surface area contributed by atoms with Crippen LogP contribution in [-0.4, -0.2) is 29.2 Å². The van der Waals surface area contributed by atoms with Crippen LogP contribution in [0.25, 0.3) is 0 Å². The number of carbonyl (C=O) groups excluding carboxylic acids is 1. The monoisotopic (exact) mass is 216 g/mol. The molecule has 15 heavy (non-hydrogen) atoms. The number of nitrogens with two attached hydrogens (primary N) is 1. The van der Waals surface area contributed by atoms with E-state index in [0.29, 0.717) is 19.3 Å². The number of rotatable bonds is 7. The van der Waals surface area contributed by atoms with E-state index in [1.54, 1.807) is 0 Å². The zero-order valence-corrected chi connectivity index (χ0v) is 10.0. The highest BCUT2D eigenvalue weighted by Gasteiger charge is 2.15. The summed E-state index contributed by atoms with van der Waals surface area (Å²) in [6.45, 7) is 5.92. The molecule has 0 saturated carbocycles. The molecule has 4 nitrogen and oxygen atoms in total. The molecule has 0 aliphatic rings. The predicted octanol–water partition coefficient (Wildman–Crippen LogP) is 0.781. The van der Waals surface area contributed by atoms with Crippen molar-refractivity contribution in [3.8, 4) is 0 Å². The van der Waals surface area contributed by atoms with E-state index in [1.807, 2.05) is 20.8 Å². The van der Waals surface area contributed by atoms with Crippen molar-refractivity contribution in [2.45, 2.75) is 58.0 Å². The van der Waals surface area contributed by atoms with Crippen molar-refractivity contribution >= 4 is 5.91 Å². The summed E-state index contributed by atoms with van der Waals surface area (Å²) in [5, 5.41) is 11.7. The van der Waals surface area contributed by atoms with Crippen LogP contribution in [0.3, 0.4) is 0 Å². The highest BCUT2D eigenvalue weighted by molar-refractivity contribution is 5.76. The first-order chi connectivity index (χ1) is 6.89. The van der Waals surface area contributed by atoms with E-state index >= 15 is 0 Å². The van der Waals surface area contributed by atoms with Gasteiger partial charge in [0.25, 0.3) is 0 Å². The maximum absolute atomic E-state index is 11.5. The van der Waals surface area contributed by atoms with Gasteiger partial charge in [-0.25, -0.2) is 0 Å². The first-order valence-corrected chi connectivity index (χ1v) is 5.58. The van der Waals surface area contributed by atoms with Gasteiger partial charge in [0.05, 0.1) is 0 Å². The molecule has 4 N–H and O–H groups in total. The zero-order valence-electron chi connectivity index (χ0n) is 10.0. The van der Waals surface area contributed by atoms with E-state index in [9.17, 15) is 4.79 Å². The molecule has 0 aromatic heterocycles. The van der Waals surface area contributed by atoms with Crippen molar-refractivity contribution in [3.63, 3.8) is 0 Å². The maximum Gasteiger partial charge on any atom is 0.220 e. The van der Waals surface area contributed by atoms with Crippen LogP contribution in [0.2, 0.25) is 0 Å². The molecule has 0 spiro atoms. The van der Waals surface area contributed by atoms with Crippen LogP contribution in [0.1, 0.15) is 46.5 Å². The third-order valence-corrected chi connectivity index (χ3v) is 2.33. The SMILES string of the molecule is CCC(CCO)NC(=O)CCC(C)(C)N.